The van der Waals surface area contributed by atoms with Crippen molar-refractivity contribution in [2.75, 3.05) is 13.7 Å². The maximum Gasteiger partial charge on any atom is 0.343 e. The fourth-order valence-corrected chi connectivity index (χ4v) is 3.07. The Hall–Kier alpha value is -3.69. The molecule has 2 N–H and O–H groups in total. The third kappa shape index (κ3) is 7.16. The minimum atomic E-state index is -0.528. The van der Waals surface area contributed by atoms with Crippen molar-refractivity contribution in [1.82, 2.24) is 10.7 Å². The maximum absolute atomic E-state index is 12.3. The number of esters is 1. The number of nitrogens with zero attached hydrogens (tertiary/aromatic N) is 1. The van der Waals surface area contributed by atoms with Crippen molar-refractivity contribution in [1.29, 1.82) is 0 Å². The van der Waals surface area contributed by atoms with Crippen molar-refractivity contribution >= 4 is 51.5 Å². The standard InChI is InChI=1S/C24H19BrClN3O5/c1-33-21-12-15(2-11-20(21)34-24(32)17-3-7-18(25)8-4-17)13-28-29-22(30)14-27-23(31)16-5-9-19(26)10-6-16/h2-13H,14H2,1H3,(H,27,31)(H,29,30)/b28-13-. The maximum atomic E-state index is 12.3. The summed E-state index contributed by atoms with van der Waals surface area (Å²) in [7, 11) is 1.44. The Morgan fingerprint density at radius 1 is 0.971 bits per heavy atom. The van der Waals surface area contributed by atoms with Crippen molar-refractivity contribution in [3.8, 4) is 11.5 Å². The number of hydrogen-bond donors (Lipinski definition) is 2. The molecule has 2 amide bonds. The summed E-state index contributed by atoms with van der Waals surface area (Å²) in [6.45, 7) is -0.257. The number of ether oxygens (including phenoxy) is 2. The minimum absolute atomic E-state index is 0.238. The van der Waals surface area contributed by atoms with Gasteiger partial charge >= 0.3 is 5.97 Å². The fourth-order valence-electron chi connectivity index (χ4n) is 2.68. The van der Waals surface area contributed by atoms with Crippen LogP contribution in [-0.2, 0) is 4.79 Å². The lowest BCUT2D eigenvalue weighted by molar-refractivity contribution is -0.120. The van der Waals surface area contributed by atoms with Crippen LogP contribution in [0, 0.1) is 0 Å². The molecule has 3 aromatic carbocycles. The smallest absolute Gasteiger partial charge is 0.343 e. The van der Waals surface area contributed by atoms with Crippen molar-refractivity contribution < 1.29 is 23.9 Å². The Morgan fingerprint density at radius 3 is 2.32 bits per heavy atom. The third-order valence-electron chi connectivity index (χ3n) is 4.39. The lowest BCUT2D eigenvalue weighted by Crippen LogP contribution is -2.34. The van der Waals surface area contributed by atoms with E-state index < -0.39 is 17.8 Å². The number of hydrogen-bond acceptors (Lipinski definition) is 6. The second-order valence-corrected chi connectivity index (χ2v) is 8.14. The number of carbonyl (C=O) groups is 3. The molecule has 0 bridgehead atoms. The molecule has 0 aliphatic heterocycles. The van der Waals surface area contributed by atoms with Crippen LogP contribution < -0.4 is 20.2 Å². The zero-order chi connectivity index (χ0) is 24.5. The SMILES string of the molecule is COc1cc(/C=N\NC(=O)CNC(=O)c2ccc(Cl)cc2)ccc1OC(=O)c1ccc(Br)cc1. The van der Waals surface area contributed by atoms with E-state index in [2.05, 4.69) is 31.8 Å². The highest BCUT2D eigenvalue weighted by molar-refractivity contribution is 9.10. The van der Waals surface area contributed by atoms with Crippen molar-refractivity contribution in [3.63, 3.8) is 0 Å². The molecule has 0 saturated carbocycles. The molecular formula is C24H19BrClN3O5. The second-order valence-electron chi connectivity index (χ2n) is 6.79. The molecule has 0 heterocycles. The molecule has 3 rings (SSSR count). The molecule has 0 fully saturated rings. The van der Waals surface area contributed by atoms with Crippen molar-refractivity contribution in [3.05, 3.63) is 92.9 Å². The zero-order valence-electron chi connectivity index (χ0n) is 17.9. The van der Waals surface area contributed by atoms with E-state index in [-0.39, 0.29) is 12.3 Å². The highest BCUT2D eigenvalue weighted by atomic mass is 79.9. The van der Waals surface area contributed by atoms with Crippen LogP contribution in [0.1, 0.15) is 26.3 Å². The van der Waals surface area contributed by atoms with E-state index in [1.54, 1.807) is 66.7 Å². The van der Waals surface area contributed by atoms with Crippen LogP contribution in [0.15, 0.2) is 76.3 Å². The third-order valence-corrected chi connectivity index (χ3v) is 5.17. The largest absolute Gasteiger partial charge is 0.493 e. The van der Waals surface area contributed by atoms with Crippen LogP contribution in [0.3, 0.4) is 0 Å². The average Bonchev–Trinajstić information content (AvgIpc) is 2.84. The molecule has 174 valence electrons. The molecule has 0 spiro atoms. The summed E-state index contributed by atoms with van der Waals surface area (Å²) in [6, 6.07) is 17.8. The topological polar surface area (TPSA) is 106 Å². The quantitative estimate of drug-likeness (QED) is 0.191. The highest BCUT2D eigenvalue weighted by Crippen LogP contribution is 2.28. The molecule has 0 radical (unpaired) electrons. The van der Waals surface area contributed by atoms with Crippen LogP contribution in [0.5, 0.6) is 11.5 Å². The first kappa shape index (κ1) is 24.9. The summed E-state index contributed by atoms with van der Waals surface area (Å²) >= 11 is 9.10. The molecule has 0 atom stereocenters. The van der Waals surface area contributed by atoms with Crippen LogP contribution in [0.2, 0.25) is 5.02 Å². The summed E-state index contributed by atoms with van der Waals surface area (Å²) < 4.78 is 11.6. The van der Waals surface area contributed by atoms with Crippen LogP contribution in [-0.4, -0.2) is 37.7 Å². The molecule has 0 aliphatic carbocycles. The van der Waals surface area contributed by atoms with Gasteiger partial charge in [0.25, 0.3) is 11.8 Å². The first-order valence-electron chi connectivity index (χ1n) is 9.87. The molecule has 8 nitrogen and oxygen atoms in total. The minimum Gasteiger partial charge on any atom is -0.493 e. The molecule has 0 aromatic heterocycles. The number of halogens is 2. The number of hydrazone groups is 1. The first-order chi connectivity index (χ1) is 16.4. The molecular weight excluding hydrogens is 526 g/mol. The summed E-state index contributed by atoms with van der Waals surface area (Å²) in [5, 5.41) is 6.86. The van der Waals surface area contributed by atoms with Gasteiger partial charge in [0.15, 0.2) is 11.5 Å². The lowest BCUT2D eigenvalue weighted by atomic mass is 10.2. The Kier molecular flexibility index (Phi) is 8.78. The van der Waals surface area contributed by atoms with Crippen LogP contribution >= 0.6 is 27.5 Å². The van der Waals surface area contributed by atoms with Gasteiger partial charge in [0, 0.05) is 15.1 Å². The van der Waals surface area contributed by atoms with Gasteiger partial charge in [-0.15, -0.1) is 0 Å². The van der Waals surface area contributed by atoms with E-state index in [1.807, 2.05) is 0 Å². The molecule has 0 saturated heterocycles. The van der Waals surface area contributed by atoms with E-state index in [0.29, 0.717) is 27.5 Å². The number of carbonyl (C=O) groups excluding carboxylic acids is 3. The van der Waals surface area contributed by atoms with Gasteiger partial charge in [0.1, 0.15) is 0 Å². The second kappa shape index (κ2) is 12.0. The van der Waals surface area contributed by atoms with Crippen molar-refractivity contribution in [2.45, 2.75) is 0 Å². The molecule has 10 heteroatoms. The average molecular weight is 545 g/mol. The Bertz CT molecular complexity index is 1210. The summed E-state index contributed by atoms with van der Waals surface area (Å²) in [5.41, 5.74) is 3.68. The Labute approximate surface area is 209 Å². The number of rotatable bonds is 8. The van der Waals surface area contributed by atoms with Gasteiger partial charge in [-0.1, -0.05) is 27.5 Å². The van der Waals surface area contributed by atoms with Crippen LogP contribution in [0.25, 0.3) is 0 Å². The summed E-state index contributed by atoms with van der Waals surface area (Å²) in [6.07, 6.45) is 1.39. The summed E-state index contributed by atoms with van der Waals surface area (Å²) in [5.74, 6) is -0.892. The molecule has 0 aliphatic rings. The van der Waals surface area contributed by atoms with E-state index in [1.165, 1.54) is 13.3 Å². The highest BCUT2D eigenvalue weighted by Gasteiger charge is 2.13. The fraction of sp³-hybridized carbons (Fsp3) is 0.0833. The molecule has 0 unspecified atom stereocenters. The van der Waals surface area contributed by atoms with Gasteiger partial charge in [-0.05, 0) is 72.3 Å². The number of nitrogens with one attached hydrogen (secondary N) is 2. The van der Waals surface area contributed by atoms with Gasteiger partial charge in [0.2, 0.25) is 0 Å². The monoisotopic (exact) mass is 543 g/mol. The number of amides is 2. The molecule has 34 heavy (non-hydrogen) atoms. The van der Waals surface area contributed by atoms with Gasteiger partial charge < -0.3 is 14.8 Å². The van der Waals surface area contributed by atoms with Gasteiger partial charge in [-0.3, -0.25) is 9.59 Å². The Balaban J connectivity index is 1.53. The zero-order valence-corrected chi connectivity index (χ0v) is 20.2. The van der Waals surface area contributed by atoms with E-state index >= 15 is 0 Å². The van der Waals surface area contributed by atoms with Gasteiger partial charge in [-0.25, -0.2) is 10.2 Å². The number of methoxy groups -OCH3 is 1. The summed E-state index contributed by atoms with van der Waals surface area (Å²) in [4.78, 5) is 36.3. The number of benzene rings is 3. The van der Waals surface area contributed by atoms with Gasteiger partial charge in [-0.2, -0.15) is 5.10 Å². The Morgan fingerprint density at radius 2 is 1.65 bits per heavy atom. The first-order valence-corrected chi connectivity index (χ1v) is 11.0. The van der Waals surface area contributed by atoms with E-state index in [0.717, 1.165) is 4.47 Å². The normalized spacial score (nSPS) is 10.6. The predicted octanol–water partition coefficient (Wildman–Crippen LogP) is 4.21. The predicted molar refractivity (Wildman–Crippen MR) is 132 cm³/mol. The van der Waals surface area contributed by atoms with Crippen molar-refractivity contribution in [2.24, 2.45) is 5.10 Å². The molecule has 3 aromatic rings. The van der Waals surface area contributed by atoms with E-state index in [4.69, 9.17) is 21.1 Å². The van der Waals surface area contributed by atoms with Gasteiger partial charge in [0.05, 0.1) is 25.4 Å². The lowest BCUT2D eigenvalue weighted by Gasteiger charge is -2.10. The van der Waals surface area contributed by atoms with Crippen LogP contribution in [0.4, 0.5) is 0 Å². The van der Waals surface area contributed by atoms with E-state index in [9.17, 15) is 14.4 Å².